The highest BCUT2D eigenvalue weighted by Gasteiger charge is 2.69. The number of hydrogen-bond acceptors (Lipinski definition) is 4. The van der Waals surface area contributed by atoms with E-state index in [0.717, 1.165) is 43.8 Å². The number of hydrogen-bond donors (Lipinski definition) is 4. The van der Waals surface area contributed by atoms with Crippen molar-refractivity contribution in [3.05, 3.63) is 47.6 Å². The van der Waals surface area contributed by atoms with Crippen molar-refractivity contribution in [2.75, 3.05) is 0 Å². The van der Waals surface area contributed by atoms with Crippen molar-refractivity contribution in [3.63, 3.8) is 0 Å². The van der Waals surface area contributed by atoms with Crippen molar-refractivity contribution in [2.24, 2.45) is 22.7 Å². The zero-order chi connectivity index (χ0) is 32.6. The number of aliphatic hydroxyl groups excluding tert-OH is 2. The predicted octanol–water partition coefficient (Wildman–Crippen LogP) is 7.88. The molecule has 3 rings (SSSR count). The van der Waals surface area contributed by atoms with Gasteiger partial charge in [0.25, 0.3) is 5.60 Å². The molecule has 43 heavy (non-hydrogen) atoms. The summed E-state index contributed by atoms with van der Waals surface area (Å²) in [5.74, 6) is 0.139. The second kappa shape index (κ2) is 12.6. The summed E-state index contributed by atoms with van der Waals surface area (Å²) in [6, 6.07) is 0. The minimum absolute atomic E-state index is 0.0223. The Labute approximate surface area is 251 Å². The maximum absolute atomic E-state index is 13.4. The summed E-state index contributed by atoms with van der Waals surface area (Å²) in [4.78, 5) is 0. The molecule has 10 heteroatoms. The van der Waals surface area contributed by atoms with Gasteiger partial charge in [-0.15, -0.1) is 0 Å². The van der Waals surface area contributed by atoms with E-state index in [2.05, 4.69) is 13.5 Å². The summed E-state index contributed by atoms with van der Waals surface area (Å²) in [5.41, 5.74) is -4.25. The van der Waals surface area contributed by atoms with Gasteiger partial charge in [-0.2, -0.15) is 26.3 Å². The van der Waals surface area contributed by atoms with E-state index in [-0.39, 0.29) is 36.2 Å². The van der Waals surface area contributed by atoms with Crippen LogP contribution >= 0.6 is 0 Å². The highest BCUT2D eigenvalue weighted by molar-refractivity contribution is 5.38. The molecule has 4 N–H and O–H groups in total. The van der Waals surface area contributed by atoms with Crippen molar-refractivity contribution in [1.82, 2.24) is 0 Å². The van der Waals surface area contributed by atoms with E-state index in [1.165, 1.54) is 5.57 Å². The Morgan fingerprint density at radius 1 is 0.953 bits per heavy atom. The first-order valence-corrected chi connectivity index (χ1v) is 15.2. The number of aliphatic hydroxyl groups is 4. The SMILES string of the molecule is C=C1/C(=C\C=C2CCC[C@@]3(C)C2CC[C@@H]3[C@@](C)(C/C=C\C(O)(C(F)(F)F)C(F)(F)F)CCCC(C)(C)O)C[C@@H](O)CC1O. The molecule has 0 aliphatic heterocycles. The minimum Gasteiger partial charge on any atom is -0.393 e. The topological polar surface area (TPSA) is 80.9 Å². The lowest BCUT2D eigenvalue weighted by Crippen LogP contribution is -2.55. The number of alkyl halides is 6. The molecule has 2 unspecified atom stereocenters. The largest absolute Gasteiger partial charge is 0.429 e. The van der Waals surface area contributed by atoms with Gasteiger partial charge in [-0.3, -0.25) is 0 Å². The highest BCUT2D eigenvalue weighted by Crippen LogP contribution is 2.64. The van der Waals surface area contributed by atoms with E-state index < -0.39 is 41.2 Å². The molecule has 4 nitrogen and oxygen atoms in total. The van der Waals surface area contributed by atoms with E-state index in [1.54, 1.807) is 13.8 Å². The average Bonchev–Trinajstić information content (AvgIpc) is 3.21. The quantitative estimate of drug-likeness (QED) is 0.156. The van der Waals surface area contributed by atoms with Crippen LogP contribution in [0.4, 0.5) is 26.3 Å². The maximum atomic E-state index is 13.4. The first kappa shape index (κ1) is 35.9. The van der Waals surface area contributed by atoms with Gasteiger partial charge in [0.2, 0.25) is 0 Å². The first-order chi connectivity index (χ1) is 19.5. The minimum atomic E-state index is -5.92. The first-order valence-electron chi connectivity index (χ1n) is 15.2. The third-order valence-electron chi connectivity index (χ3n) is 10.4. The van der Waals surface area contributed by atoms with Crippen molar-refractivity contribution in [1.29, 1.82) is 0 Å². The summed E-state index contributed by atoms with van der Waals surface area (Å²) in [6.45, 7) is 11.4. The van der Waals surface area contributed by atoms with Crippen LogP contribution in [0.2, 0.25) is 0 Å². The standard InChI is InChI=1S/C33H48F6O4/c1-21-23(19-24(40)20-26(21)41)11-10-22-9-6-17-30(5)25(22)12-13-27(30)29(4,15-7-14-28(2,3)42)16-8-18-31(43,32(34,35)36)33(37,38)39/h8,10-11,18,24-27,40-43H,1,6-7,9,12-17,19-20H2,2-5H3/b18-8-,22-10?,23-11-/t24-,25?,26?,27-,29-,30+/m1/s1. The van der Waals surface area contributed by atoms with Crippen LogP contribution < -0.4 is 0 Å². The molecule has 0 radical (unpaired) electrons. The molecule has 6 atom stereocenters. The normalized spacial score (nSPS) is 32.9. The van der Waals surface area contributed by atoms with Crippen molar-refractivity contribution in [2.45, 2.75) is 134 Å². The van der Waals surface area contributed by atoms with Gasteiger partial charge in [0.15, 0.2) is 0 Å². The van der Waals surface area contributed by atoms with E-state index >= 15 is 0 Å². The Hall–Kier alpha value is -1.62. The zero-order valence-corrected chi connectivity index (χ0v) is 25.7. The van der Waals surface area contributed by atoms with Crippen LogP contribution in [0.5, 0.6) is 0 Å². The van der Waals surface area contributed by atoms with Gasteiger partial charge in [-0.25, -0.2) is 0 Å². The Morgan fingerprint density at radius 2 is 1.58 bits per heavy atom. The van der Waals surface area contributed by atoms with Crippen LogP contribution in [-0.2, 0) is 0 Å². The molecular formula is C33H48F6O4. The predicted molar refractivity (Wildman–Crippen MR) is 154 cm³/mol. The second-order valence-electron chi connectivity index (χ2n) is 14.3. The molecule has 0 amide bonds. The van der Waals surface area contributed by atoms with Crippen molar-refractivity contribution >= 4 is 0 Å². The van der Waals surface area contributed by atoms with Gasteiger partial charge >= 0.3 is 12.4 Å². The van der Waals surface area contributed by atoms with E-state index in [1.807, 2.05) is 19.1 Å². The summed E-state index contributed by atoms with van der Waals surface area (Å²) < 4.78 is 80.2. The molecule has 0 heterocycles. The van der Waals surface area contributed by atoms with Gasteiger partial charge in [-0.05, 0) is 112 Å². The Bertz CT molecular complexity index is 1080. The van der Waals surface area contributed by atoms with Crippen LogP contribution in [0, 0.1) is 22.7 Å². The number of fused-ring (bicyclic) bond motifs is 1. The van der Waals surface area contributed by atoms with Crippen LogP contribution in [-0.4, -0.2) is 56.2 Å². The molecule has 3 aliphatic rings. The Kier molecular flexibility index (Phi) is 10.5. The average molecular weight is 623 g/mol. The fraction of sp³-hybridized carbons (Fsp3) is 0.758. The molecule has 0 aromatic heterocycles. The third-order valence-corrected chi connectivity index (χ3v) is 10.4. The van der Waals surface area contributed by atoms with Gasteiger partial charge in [0, 0.05) is 6.42 Å². The second-order valence-corrected chi connectivity index (χ2v) is 14.3. The monoisotopic (exact) mass is 622 g/mol. The zero-order valence-electron chi connectivity index (χ0n) is 25.7. The van der Waals surface area contributed by atoms with E-state index in [4.69, 9.17) is 0 Å². The Morgan fingerprint density at radius 3 is 2.16 bits per heavy atom. The van der Waals surface area contributed by atoms with Gasteiger partial charge in [-0.1, -0.05) is 50.6 Å². The molecule has 0 aromatic carbocycles. The summed E-state index contributed by atoms with van der Waals surface area (Å²) >= 11 is 0. The number of halogens is 6. The molecule has 0 aromatic rings. The number of allylic oxidation sites excluding steroid dienone is 4. The van der Waals surface area contributed by atoms with Gasteiger partial charge in [0.05, 0.1) is 17.8 Å². The van der Waals surface area contributed by atoms with E-state index in [0.29, 0.717) is 31.3 Å². The van der Waals surface area contributed by atoms with Crippen molar-refractivity contribution in [3.8, 4) is 0 Å². The molecule has 246 valence electrons. The van der Waals surface area contributed by atoms with Crippen LogP contribution in [0.25, 0.3) is 0 Å². The lowest BCUT2D eigenvalue weighted by molar-refractivity contribution is -0.347. The highest BCUT2D eigenvalue weighted by atomic mass is 19.4. The van der Waals surface area contributed by atoms with Gasteiger partial charge in [0.1, 0.15) is 0 Å². The fourth-order valence-corrected chi connectivity index (χ4v) is 8.04. The lowest BCUT2D eigenvalue weighted by atomic mass is 9.55. The van der Waals surface area contributed by atoms with Crippen molar-refractivity contribution < 1.29 is 46.8 Å². The maximum Gasteiger partial charge on any atom is 0.429 e. The Balaban J connectivity index is 1.93. The molecule has 3 fully saturated rings. The van der Waals surface area contributed by atoms with Gasteiger partial charge < -0.3 is 20.4 Å². The van der Waals surface area contributed by atoms with E-state index in [9.17, 15) is 46.8 Å². The third kappa shape index (κ3) is 7.79. The van der Waals surface area contributed by atoms with Crippen LogP contribution in [0.15, 0.2) is 47.6 Å². The number of rotatable bonds is 9. The van der Waals surface area contributed by atoms with Crippen LogP contribution in [0.1, 0.15) is 98.3 Å². The fourth-order valence-electron chi connectivity index (χ4n) is 8.04. The summed E-state index contributed by atoms with van der Waals surface area (Å²) in [7, 11) is 0. The summed E-state index contributed by atoms with van der Waals surface area (Å²) in [6.07, 6.45) is -2.44. The molecular weight excluding hydrogens is 574 g/mol. The molecule has 0 bridgehead atoms. The lowest BCUT2D eigenvalue weighted by Gasteiger charge is -2.49. The molecule has 3 saturated carbocycles. The molecule has 0 spiro atoms. The van der Waals surface area contributed by atoms with Crippen LogP contribution in [0.3, 0.4) is 0 Å². The smallest absolute Gasteiger partial charge is 0.393 e. The molecule has 3 aliphatic carbocycles. The molecule has 0 saturated heterocycles. The summed E-state index contributed by atoms with van der Waals surface area (Å²) in [5, 5.41) is 40.3.